The van der Waals surface area contributed by atoms with Crippen LogP contribution in [0, 0.1) is 0 Å². The number of benzene rings is 2. The van der Waals surface area contributed by atoms with E-state index in [9.17, 15) is 14.4 Å². The van der Waals surface area contributed by atoms with Crippen LogP contribution >= 0.6 is 0 Å². The van der Waals surface area contributed by atoms with E-state index in [1.807, 2.05) is 0 Å². The van der Waals surface area contributed by atoms with Gasteiger partial charge in [-0.2, -0.15) is 0 Å². The number of hydrogen-bond donors (Lipinski definition) is 1. The van der Waals surface area contributed by atoms with Crippen LogP contribution in [0.5, 0.6) is 11.5 Å². The van der Waals surface area contributed by atoms with Crippen LogP contribution < -0.4 is 20.3 Å². The first-order valence-corrected chi connectivity index (χ1v) is 9.24. The Morgan fingerprint density at radius 3 is 2.27 bits per heavy atom. The Hall–Kier alpha value is -3.87. The molecule has 1 N–H and O–H groups in total. The molecule has 0 spiro atoms. The molecule has 30 heavy (non-hydrogen) atoms. The molecule has 0 atom stereocenters. The van der Waals surface area contributed by atoms with E-state index in [-0.39, 0.29) is 23.8 Å². The highest BCUT2D eigenvalue weighted by Crippen LogP contribution is 2.23. The molecule has 0 aliphatic heterocycles. The lowest BCUT2D eigenvalue weighted by molar-refractivity contribution is 0.101. The topological polar surface area (TPSA) is 86.6 Å². The number of carbonyl (C=O) groups is 2. The second kappa shape index (κ2) is 9.09. The number of methoxy groups -OCH3 is 2. The molecule has 1 amide bonds. The van der Waals surface area contributed by atoms with E-state index in [2.05, 4.69) is 5.32 Å². The van der Waals surface area contributed by atoms with Crippen LogP contribution in [0.3, 0.4) is 0 Å². The summed E-state index contributed by atoms with van der Waals surface area (Å²) in [5, 5.41) is 2.75. The average molecular weight is 406 g/mol. The number of carbonyl (C=O) groups excluding carboxylic acids is 2. The summed E-state index contributed by atoms with van der Waals surface area (Å²) in [5.74, 6) is 0.745. The van der Waals surface area contributed by atoms with Crippen molar-refractivity contribution in [2.75, 3.05) is 19.5 Å². The van der Waals surface area contributed by atoms with E-state index in [1.54, 1.807) is 56.7 Å². The van der Waals surface area contributed by atoms with Crippen molar-refractivity contribution >= 4 is 17.4 Å². The largest absolute Gasteiger partial charge is 0.497 e. The summed E-state index contributed by atoms with van der Waals surface area (Å²) in [6.45, 7) is 1.71. The Labute approximate surface area is 173 Å². The summed E-state index contributed by atoms with van der Waals surface area (Å²) in [4.78, 5) is 36.5. The van der Waals surface area contributed by atoms with Gasteiger partial charge in [0, 0.05) is 29.6 Å². The molecule has 0 unspecified atom stereocenters. The van der Waals surface area contributed by atoms with E-state index in [0.717, 1.165) is 5.56 Å². The van der Waals surface area contributed by atoms with Crippen LogP contribution in [0.2, 0.25) is 0 Å². The summed E-state index contributed by atoms with van der Waals surface area (Å²) >= 11 is 0. The van der Waals surface area contributed by atoms with Gasteiger partial charge in [0.2, 0.25) is 0 Å². The van der Waals surface area contributed by atoms with Gasteiger partial charge in [-0.15, -0.1) is 0 Å². The number of nitrogens with zero attached hydrogens (tertiary/aromatic N) is 1. The van der Waals surface area contributed by atoms with E-state index in [0.29, 0.717) is 28.3 Å². The van der Waals surface area contributed by atoms with Crippen molar-refractivity contribution in [1.29, 1.82) is 0 Å². The maximum atomic E-state index is 12.7. The zero-order valence-corrected chi connectivity index (χ0v) is 17.0. The third-order valence-electron chi connectivity index (χ3n) is 4.54. The molecule has 0 radical (unpaired) electrons. The monoisotopic (exact) mass is 406 g/mol. The molecular weight excluding hydrogens is 384 g/mol. The Morgan fingerprint density at radius 2 is 1.63 bits per heavy atom. The third-order valence-corrected chi connectivity index (χ3v) is 4.54. The highest BCUT2D eigenvalue weighted by atomic mass is 16.5. The molecule has 1 heterocycles. The number of ether oxygens (including phenoxy) is 2. The van der Waals surface area contributed by atoms with Gasteiger partial charge < -0.3 is 19.4 Å². The van der Waals surface area contributed by atoms with Crippen molar-refractivity contribution in [3.05, 3.63) is 87.8 Å². The van der Waals surface area contributed by atoms with Gasteiger partial charge in [0.1, 0.15) is 11.5 Å². The second-order valence-electron chi connectivity index (χ2n) is 6.70. The zero-order valence-electron chi connectivity index (χ0n) is 17.0. The highest BCUT2D eigenvalue weighted by molar-refractivity contribution is 6.04. The van der Waals surface area contributed by atoms with Crippen LogP contribution in [-0.2, 0) is 6.54 Å². The molecule has 154 valence electrons. The molecule has 0 aliphatic rings. The SMILES string of the molecule is COc1cc(Cn2cc(C(=O)Nc3cccc(C(C)=O)c3)ccc2=O)cc(OC)c1. The Morgan fingerprint density at radius 1 is 0.933 bits per heavy atom. The quantitative estimate of drug-likeness (QED) is 0.608. The van der Waals surface area contributed by atoms with Gasteiger partial charge in [-0.1, -0.05) is 12.1 Å². The second-order valence-corrected chi connectivity index (χ2v) is 6.70. The van der Waals surface area contributed by atoms with Gasteiger partial charge >= 0.3 is 0 Å². The van der Waals surface area contributed by atoms with Gasteiger partial charge in [-0.3, -0.25) is 14.4 Å². The minimum absolute atomic E-state index is 0.0895. The van der Waals surface area contributed by atoms with E-state index >= 15 is 0 Å². The number of rotatable bonds is 7. The fraction of sp³-hybridized carbons (Fsp3) is 0.174. The summed E-state index contributed by atoms with van der Waals surface area (Å²) < 4.78 is 12.0. The van der Waals surface area contributed by atoms with Crippen molar-refractivity contribution in [2.24, 2.45) is 0 Å². The summed E-state index contributed by atoms with van der Waals surface area (Å²) in [5.41, 5.74) is 1.87. The van der Waals surface area contributed by atoms with Gasteiger partial charge in [0.25, 0.3) is 11.5 Å². The number of aromatic nitrogens is 1. The normalized spacial score (nSPS) is 10.4. The summed E-state index contributed by atoms with van der Waals surface area (Å²) in [6, 6.07) is 14.8. The summed E-state index contributed by atoms with van der Waals surface area (Å²) in [6.07, 6.45) is 1.50. The number of nitrogens with one attached hydrogen (secondary N) is 1. The van der Waals surface area contributed by atoms with E-state index < -0.39 is 0 Å². The van der Waals surface area contributed by atoms with Crippen LogP contribution in [0.1, 0.15) is 33.2 Å². The van der Waals surface area contributed by atoms with Crippen LogP contribution in [0.15, 0.2) is 65.6 Å². The molecule has 1 aromatic heterocycles. The number of amides is 1. The molecule has 0 aliphatic carbocycles. The van der Waals surface area contributed by atoms with Gasteiger partial charge in [-0.25, -0.2) is 0 Å². The van der Waals surface area contributed by atoms with Crippen LogP contribution in [0.25, 0.3) is 0 Å². The Balaban J connectivity index is 1.85. The van der Waals surface area contributed by atoms with Gasteiger partial charge in [-0.05, 0) is 42.8 Å². The molecule has 0 fully saturated rings. The fourth-order valence-electron chi connectivity index (χ4n) is 2.96. The molecule has 0 saturated carbocycles. The highest BCUT2D eigenvalue weighted by Gasteiger charge is 2.11. The first-order valence-electron chi connectivity index (χ1n) is 9.24. The molecule has 7 nitrogen and oxygen atoms in total. The first kappa shape index (κ1) is 20.9. The maximum Gasteiger partial charge on any atom is 0.257 e. The molecular formula is C23H22N2O5. The molecule has 0 bridgehead atoms. The van der Waals surface area contributed by atoms with Crippen molar-refractivity contribution < 1.29 is 19.1 Å². The zero-order chi connectivity index (χ0) is 21.7. The number of anilines is 1. The first-order chi connectivity index (χ1) is 14.4. The predicted octanol–water partition coefficient (Wildman–Crippen LogP) is 3.37. The van der Waals surface area contributed by atoms with Crippen molar-refractivity contribution in [1.82, 2.24) is 4.57 Å². The molecule has 0 saturated heterocycles. The lowest BCUT2D eigenvalue weighted by Crippen LogP contribution is -2.22. The van der Waals surface area contributed by atoms with Crippen LogP contribution in [-0.4, -0.2) is 30.5 Å². The Bertz CT molecular complexity index is 1130. The molecule has 7 heteroatoms. The number of pyridine rings is 1. The van der Waals surface area contributed by atoms with Gasteiger partial charge in [0.15, 0.2) is 5.78 Å². The summed E-state index contributed by atoms with van der Waals surface area (Å²) in [7, 11) is 3.10. The number of hydrogen-bond acceptors (Lipinski definition) is 5. The lowest BCUT2D eigenvalue weighted by Gasteiger charge is -2.12. The van der Waals surface area contributed by atoms with Crippen molar-refractivity contribution in [3.63, 3.8) is 0 Å². The Kier molecular flexibility index (Phi) is 6.32. The van der Waals surface area contributed by atoms with Crippen molar-refractivity contribution in [3.8, 4) is 11.5 Å². The molecule has 3 rings (SSSR count). The average Bonchev–Trinajstić information content (AvgIpc) is 2.75. The van der Waals surface area contributed by atoms with Gasteiger partial charge in [0.05, 0.1) is 26.3 Å². The minimum Gasteiger partial charge on any atom is -0.497 e. The lowest BCUT2D eigenvalue weighted by atomic mass is 10.1. The third kappa shape index (κ3) is 4.94. The standard InChI is InChI=1S/C23H22N2O5/c1-15(26)17-5-4-6-19(11-17)24-23(28)18-7-8-22(27)25(14-18)13-16-9-20(29-2)12-21(10-16)30-3/h4-12,14H,13H2,1-3H3,(H,24,28). The van der Waals surface area contributed by atoms with Crippen molar-refractivity contribution in [2.45, 2.75) is 13.5 Å². The maximum absolute atomic E-state index is 12.7. The smallest absolute Gasteiger partial charge is 0.257 e. The fourth-order valence-corrected chi connectivity index (χ4v) is 2.96. The number of ketones is 1. The van der Waals surface area contributed by atoms with E-state index in [4.69, 9.17) is 9.47 Å². The number of Topliss-reactive ketones (excluding diaryl/α,β-unsaturated/α-hetero) is 1. The predicted molar refractivity (Wildman–Crippen MR) is 114 cm³/mol. The molecule has 3 aromatic rings. The van der Waals surface area contributed by atoms with E-state index in [1.165, 1.54) is 29.8 Å². The molecule has 2 aromatic carbocycles. The minimum atomic E-state index is -0.382. The van der Waals surface area contributed by atoms with Crippen LogP contribution in [0.4, 0.5) is 5.69 Å².